The smallest absolute Gasteiger partial charge is 0.225 e. The molecule has 0 bridgehead atoms. The summed E-state index contributed by atoms with van der Waals surface area (Å²) < 4.78 is 1.95. The van der Waals surface area contributed by atoms with E-state index < -0.39 is 0 Å². The van der Waals surface area contributed by atoms with Crippen molar-refractivity contribution in [1.29, 1.82) is 0 Å². The lowest BCUT2D eigenvalue weighted by molar-refractivity contribution is 0.369. The average Bonchev–Trinajstić information content (AvgIpc) is 3.16. The standard InChI is InChI=1S/C16H24N8.HI/c1-17-15(18-7-3-9-24-10-4-8-21-24)22-11-13-23(14-12-22)16-19-5-2-6-20-16;/h2,4-6,8,10H,3,7,9,11-14H2,1H3,(H,17,18);1H. The van der Waals surface area contributed by atoms with Gasteiger partial charge in [0.05, 0.1) is 0 Å². The first kappa shape index (κ1) is 19.4. The molecule has 0 saturated carbocycles. The molecule has 2 aromatic rings. The van der Waals surface area contributed by atoms with Crippen LogP contribution >= 0.6 is 24.0 Å². The van der Waals surface area contributed by atoms with Crippen molar-refractivity contribution in [1.82, 2.24) is 30.0 Å². The molecule has 0 aromatic carbocycles. The molecule has 3 heterocycles. The predicted octanol–water partition coefficient (Wildman–Crippen LogP) is 1.08. The first-order valence-electron chi connectivity index (χ1n) is 8.32. The minimum atomic E-state index is 0. The molecule has 1 fully saturated rings. The Kier molecular flexibility index (Phi) is 7.89. The summed E-state index contributed by atoms with van der Waals surface area (Å²) in [5, 5.41) is 7.65. The quantitative estimate of drug-likeness (QED) is 0.314. The number of aromatic nitrogens is 4. The highest BCUT2D eigenvalue weighted by Gasteiger charge is 2.20. The van der Waals surface area contributed by atoms with E-state index in [0.717, 1.165) is 57.6 Å². The summed E-state index contributed by atoms with van der Waals surface area (Å²) in [5.41, 5.74) is 0. The van der Waals surface area contributed by atoms with E-state index in [4.69, 9.17) is 0 Å². The van der Waals surface area contributed by atoms with E-state index in [2.05, 4.69) is 35.2 Å². The molecule has 0 amide bonds. The Morgan fingerprint density at radius 3 is 2.52 bits per heavy atom. The van der Waals surface area contributed by atoms with Crippen LogP contribution in [-0.4, -0.2) is 70.4 Å². The van der Waals surface area contributed by atoms with Gasteiger partial charge >= 0.3 is 0 Å². The maximum absolute atomic E-state index is 4.40. The highest BCUT2D eigenvalue weighted by molar-refractivity contribution is 14.0. The van der Waals surface area contributed by atoms with E-state index in [1.165, 1.54) is 0 Å². The van der Waals surface area contributed by atoms with Crippen LogP contribution in [0.4, 0.5) is 5.95 Å². The zero-order valence-electron chi connectivity index (χ0n) is 14.5. The topological polar surface area (TPSA) is 74.5 Å². The summed E-state index contributed by atoms with van der Waals surface area (Å²) in [6.45, 7) is 5.43. The summed E-state index contributed by atoms with van der Waals surface area (Å²) >= 11 is 0. The first-order valence-corrected chi connectivity index (χ1v) is 8.32. The molecule has 9 heteroatoms. The second-order valence-electron chi connectivity index (χ2n) is 5.62. The molecule has 2 aromatic heterocycles. The normalized spacial score (nSPS) is 15.0. The SMILES string of the molecule is CN=C(NCCCn1cccn1)N1CCN(c2ncccn2)CC1.I. The number of anilines is 1. The summed E-state index contributed by atoms with van der Waals surface area (Å²) in [6.07, 6.45) is 8.38. The van der Waals surface area contributed by atoms with Crippen LogP contribution in [0.3, 0.4) is 0 Å². The zero-order chi connectivity index (χ0) is 16.6. The Bertz CT molecular complexity index is 623. The lowest BCUT2D eigenvalue weighted by Crippen LogP contribution is -2.53. The van der Waals surface area contributed by atoms with Crippen molar-refractivity contribution in [3.63, 3.8) is 0 Å². The van der Waals surface area contributed by atoms with Gasteiger partial charge in [0, 0.05) is 71.1 Å². The lowest BCUT2D eigenvalue weighted by atomic mass is 10.3. The van der Waals surface area contributed by atoms with E-state index in [9.17, 15) is 0 Å². The molecule has 0 atom stereocenters. The minimum absolute atomic E-state index is 0. The molecule has 25 heavy (non-hydrogen) atoms. The van der Waals surface area contributed by atoms with Crippen molar-refractivity contribution in [3.8, 4) is 0 Å². The molecule has 8 nitrogen and oxygen atoms in total. The van der Waals surface area contributed by atoms with Gasteiger partial charge in [0.1, 0.15) is 0 Å². The van der Waals surface area contributed by atoms with E-state index in [-0.39, 0.29) is 24.0 Å². The third-order valence-electron chi connectivity index (χ3n) is 4.03. The second kappa shape index (κ2) is 10.2. The number of aliphatic imine (C=N–C) groups is 1. The number of hydrogen-bond donors (Lipinski definition) is 1. The number of aryl methyl sites for hydroxylation is 1. The summed E-state index contributed by atoms with van der Waals surface area (Å²) in [7, 11) is 1.84. The highest BCUT2D eigenvalue weighted by Crippen LogP contribution is 2.09. The minimum Gasteiger partial charge on any atom is -0.356 e. The zero-order valence-corrected chi connectivity index (χ0v) is 16.8. The van der Waals surface area contributed by atoms with Gasteiger partial charge < -0.3 is 15.1 Å². The molecule has 0 unspecified atom stereocenters. The van der Waals surface area contributed by atoms with Gasteiger partial charge in [-0.15, -0.1) is 24.0 Å². The largest absolute Gasteiger partial charge is 0.356 e. The van der Waals surface area contributed by atoms with Crippen LogP contribution in [0, 0.1) is 0 Å². The number of nitrogens with zero attached hydrogens (tertiary/aromatic N) is 7. The molecular formula is C16H25IN8. The number of piperazine rings is 1. The monoisotopic (exact) mass is 456 g/mol. The number of hydrogen-bond acceptors (Lipinski definition) is 5. The Balaban J connectivity index is 0.00000225. The van der Waals surface area contributed by atoms with Crippen LogP contribution in [0.5, 0.6) is 0 Å². The van der Waals surface area contributed by atoms with Gasteiger partial charge in [-0.25, -0.2) is 9.97 Å². The molecule has 1 saturated heterocycles. The van der Waals surface area contributed by atoms with E-state index >= 15 is 0 Å². The third-order valence-corrected chi connectivity index (χ3v) is 4.03. The van der Waals surface area contributed by atoms with Crippen molar-refractivity contribution in [3.05, 3.63) is 36.9 Å². The molecule has 0 radical (unpaired) electrons. The lowest BCUT2D eigenvalue weighted by Gasteiger charge is -2.36. The van der Waals surface area contributed by atoms with Crippen LogP contribution in [0.25, 0.3) is 0 Å². The van der Waals surface area contributed by atoms with Gasteiger partial charge in [-0.1, -0.05) is 0 Å². The van der Waals surface area contributed by atoms with Crippen LogP contribution in [0.15, 0.2) is 41.9 Å². The molecule has 0 spiro atoms. The molecule has 0 aliphatic carbocycles. The van der Waals surface area contributed by atoms with Gasteiger partial charge in [0.15, 0.2) is 5.96 Å². The van der Waals surface area contributed by atoms with Gasteiger partial charge in [0.2, 0.25) is 5.95 Å². The van der Waals surface area contributed by atoms with Crippen LogP contribution < -0.4 is 10.2 Å². The molecule has 1 aliphatic heterocycles. The maximum atomic E-state index is 4.40. The number of nitrogens with one attached hydrogen (secondary N) is 1. The molecule has 1 aliphatic rings. The van der Waals surface area contributed by atoms with Gasteiger partial charge in [-0.3, -0.25) is 9.67 Å². The Labute approximate surface area is 165 Å². The molecule has 3 rings (SSSR count). The Morgan fingerprint density at radius 1 is 1.12 bits per heavy atom. The third kappa shape index (κ3) is 5.55. The van der Waals surface area contributed by atoms with E-state index in [1.54, 1.807) is 12.4 Å². The maximum Gasteiger partial charge on any atom is 0.225 e. The fraction of sp³-hybridized carbons (Fsp3) is 0.500. The number of halogens is 1. The fourth-order valence-electron chi connectivity index (χ4n) is 2.78. The van der Waals surface area contributed by atoms with Crippen molar-refractivity contribution >= 4 is 35.9 Å². The first-order chi connectivity index (χ1) is 11.9. The highest BCUT2D eigenvalue weighted by atomic mass is 127. The summed E-state index contributed by atoms with van der Waals surface area (Å²) in [5.74, 6) is 1.77. The van der Waals surface area contributed by atoms with Crippen LogP contribution in [0.1, 0.15) is 6.42 Å². The second-order valence-corrected chi connectivity index (χ2v) is 5.62. The fourth-order valence-corrected chi connectivity index (χ4v) is 2.78. The Morgan fingerprint density at radius 2 is 1.88 bits per heavy atom. The number of guanidine groups is 1. The summed E-state index contributed by atoms with van der Waals surface area (Å²) in [6, 6.07) is 3.79. The van der Waals surface area contributed by atoms with Crippen molar-refractivity contribution in [2.75, 3.05) is 44.7 Å². The predicted molar refractivity (Wildman–Crippen MR) is 109 cm³/mol. The van der Waals surface area contributed by atoms with E-state index in [1.807, 2.05) is 36.3 Å². The van der Waals surface area contributed by atoms with Crippen LogP contribution in [0.2, 0.25) is 0 Å². The molecule has 136 valence electrons. The molecular weight excluding hydrogens is 431 g/mol. The Hall–Kier alpha value is -1.91. The van der Waals surface area contributed by atoms with Gasteiger partial charge in [-0.05, 0) is 18.6 Å². The van der Waals surface area contributed by atoms with Gasteiger partial charge in [-0.2, -0.15) is 5.10 Å². The average molecular weight is 456 g/mol. The van der Waals surface area contributed by atoms with Gasteiger partial charge in [0.25, 0.3) is 0 Å². The summed E-state index contributed by atoms with van der Waals surface area (Å²) in [4.78, 5) is 17.5. The van der Waals surface area contributed by atoms with Crippen molar-refractivity contribution < 1.29 is 0 Å². The van der Waals surface area contributed by atoms with Crippen molar-refractivity contribution in [2.45, 2.75) is 13.0 Å². The number of rotatable bonds is 5. The molecule has 1 N–H and O–H groups in total. The van der Waals surface area contributed by atoms with E-state index in [0.29, 0.717) is 0 Å². The van der Waals surface area contributed by atoms with Crippen LogP contribution in [-0.2, 0) is 6.54 Å². The van der Waals surface area contributed by atoms with Crippen molar-refractivity contribution in [2.24, 2.45) is 4.99 Å².